The Balaban J connectivity index is 2.68. The molecular weight excluding hydrogens is 186 g/mol. The predicted molar refractivity (Wildman–Crippen MR) is 46.9 cm³/mol. The van der Waals surface area contributed by atoms with E-state index in [1.54, 1.807) is 0 Å². The first-order chi connectivity index (χ1) is 6.76. The van der Waals surface area contributed by atoms with Gasteiger partial charge in [0.1, 0.15) is 6.61 Å². The summed E-state index contributed by atoms with van der Waals surface area (Å²) in [6, 6.07) is 0. The van der Waals surface area contributed by atoms with Crippen molar-refractivity contribution in [3.05, 3.63) is 29.9 Å². The number of carbonyl (C=O) groups excluding carboxylic acids is 1. The number of nitrogens with one attached hydrogen (secondary N) is 1. The van der Waals surface area contributed by atoms with Gasteiger partial charge in [-0.2, -0.15) is 0 Å². The fraction of sp³-hybridized carbons (Fsp3) is 0.125. The van der Waals surface area contributed by atoms with Crippen molar-refractivity contribution in [2.24, 2.45) is 0 Å². The van der Waals surface area contributed by atoms with E-state index >= 15 is 0 Å². The van der Waals surface area contributed by atoms with Crippen LogP contribution in [0, 0.1) is 0 Å². The van der Waals surface area contributed by atoms with Crippen LogP contribution in [-0.2, 0) is 11.4 Å². The van der Waals surface area contributed by atoms with Crippen LogP contribution in [0.1, 0.15) is 11.4 Å². The number of aliphatic hydroxyl groups excluding tert-OH is 1. The molecule has 0 fully saturated rings. The first kappa shape index (κ1) is 10.3. The number of rotatable bonds is 3. The smallest absolute Gasteiger partial charge is 0.267 e. The Morgan fingerprint density at radius 2 is 2.14 bits per heavy atom. The maximum Gasteiger partial charge on any atom is 0.267 e. The summed E-state index contributed by atoms with van der Waals surface area (Å²) >= 11 is 0. The Morgan fingerprint density at radius 3 is 2.64 bits per heavy atom. The Kier molecular flexibility index (Phi) is 3.71. The van der Waals surface area contributed by atoms with Crippen LogP contribution in [0.3, 0.4) is 0 Å². The lowest BCUT2D eigenvalue weighted by molar-refractivity contribution is -0.124. The van der Waals surface area contributed by atoms with Crippen LogP contribution in [0.5, 0.6) is 0 Å². The fourth-order valence-corrected chi connectivity index (χ4v) is 0.742. The Bertz CT molecular complexity index is 334. The van der Waals surface area contributed by atoms with Crippen LogP contribution in [0.15, 0.2) is 18.5 Å². The summed E-state index contributed by atoms with van der Waals surface area (Å²) in [5.41, 5.74) is 2.05. The number of amides is 1. The molecule has 1 aromatic rings. The summed E-state index contributed by atoms with van der Waals surface area (Å²) in [5.74, 6) is -0.315. The lowest BCUT2D eigenvalue weighted by atomic mass is 10.3. The van der Waals surface area contributed by atoms with Crippen LogP contribution < -0.4 is 5.48 Å². The Hall–Kier alpha value is -1.79. The van der Waals surface area contributed by atoms with Gasteiger partial charge in [0.2, 0.25) is 0 Å². The van der Waals surface area contributed by atoms with E-state index in [2.05, 4.69) is 9.97 Å². The number of carbonyl (C=O) groups is 1. The van der Waals surface area contributed by atoms with E-state index in [0.717, 1.165) is 6.08 Å². The van der Waals surface area contributed by atoms with Gasteiger partial charge in [-0.25, -0.2) is 15.4 Å². The molecule has 0 aliphatic carbocycles. The largest absolute Gasteiger partial charge is 0.388 e. The van der Waals surface area contributed by atoms with Gasteiger partial charge in [-0.3, -0.25) is 10.0 Å². The zero-order valence-electron chi connectivity index (χ0n) is 7.21. The maximum absolute atomic E-state index is 10.6. The summed E-state index contributed by atoms with van der Waals surface area (Å²) in [5, 5.41) is 16.8. The molecule has 0 bridgehead atoms. The molecule has 0 unspecified atom stereocenters. The van der Waals surface area contributed by atoms with Crippen LogP contribution in [0.25, 0.3) is 6.08 Å². The highest BCUT2D eigenvalue weighted by molar-refractivity contribution is 5.90. The van der Waals surface area contributed by atoms with Crippen LogP contribution in [-0.4, -0.2) is 26.2 Å². The van der Waals surface area contributed by atoms with Gasteiger partial charge in [0, 0.05) is 24.0 Å². The molecule has 74 valence electrons. The third-order valence-electron chi connectivity index (χ3n) is 1.40. The molecule has 6 heteroatoms. The van der Waals surface area contributed by atoms with Crippen LogP contribution in [0.2, 0.25) is 0 Å². The van der Waals surface area contributed by atoms with Crippen molar-refractivity contribution in [1.82, 2.24) is 15.4 Å². The van der Waals surface area contributed by atoms with E-state index in [9.17, 15) is 4.79 Å². The summed E-state index contributed by atoms with van der Waals surface area (Å²) in [7, 11) is 0. The first-order valence-corrected chi connectivity index (χ1v) is 3.80. The minimum atomic E-state index is -0.628. The molecule has 0 spiro atoms. The topological polar surface area (TPSA) is 95.3 Å². The number of aliphatic hydroxyl groups is 1. The molecular formula is C8H9N3O3. The standard InChI is InChI=1S/C8H9N3O3/c12-5-7-9-3-6(4-10-7)1-2-8(13)11-14/h1-4,12,14H,5H2,(H,11,13)/b2-1+. The highest BCUT2D eigenvalue weighted by atomic mass is 16.5. The lowest BCUT2D eigenvalue weighted by Crippen LogP contribution is -2.14. The molecule has 0 saturated heterocycles. The van der Waals surface area contributed by atoms with Crippen molar-refractivity contribution in [1.29, 1.82) is 0 Å². The quantitative estimate of drug-likeness (QED) is 0.343. The summed E-state index contributed by atoms with van der Waals surface area (Å²) in [6.07, 6.45) is 5.49. The minimum Gasteiger partial charge on any atom is -0.388 e. The zero-order chi connectivity index (χ0) is 10.4. The molecule has 1 aromatic heterocycles. The van der Waals surface area contributed by atoms with Gasteiger partial charge in [-0.15, -0.1) is 0 Å². The van der Waals surface area contributed by atoms with Gasteiger partial charge >= 0.3 is 0 Å². The molecule has 14 heavy (non-hydrogen) atoms. The second-order valence-corrected chi connectivity index (χ2v) is 2.40. The molecule has 0 atom stereocenters. The maximum atomic E-state index is 10.6. The third kappa shape index (κ3) is 2.92. The fourth-order valence-electron chi connectivity index (χ4n) is 0.742. The second kappa shape index (κ2) is 5.05. The lowest BCUT2D eigenvalue weighted by Gasteiger charge is -1.94. The highest BCUT2D eigenvalue weighted by Gasteiger charge is 1.94. The minimum absolute atomic E-state index is 0.221. The van der Waals surface area contributed by atoms with Crippen molar-refractivity contribution in [3.8, 4) is 0 Å². The number of aromatic nitrogens is 2. The molecule has 0 radical (unpaired) electrons. The Labute approximate surface area is 79.9 Å². The molecule has 0 aliphatic rings. The highest BCUT2D eigenvalue weighted by Crippen LogP contribution is 1.98. The number of hydroxylamine groups is 1. The molecule has 1 heterocycles. The van der Waals surface area contributed by atoms with Gasteiger partial charge < -0.3 is 5.11 Å². The predicted octanol–water partition coefficient (Wildman–Crippen LogP) is -0.513. The van der Waals surface area contributed by atoms with Gasteiger partial charge in [0.05, 0.1) is 0 Å². The zero-order valence-corrected chi connectivity index (χ0v) is 7.21. The first-order valence-electron chi connectivity index (χ1n) is 3.80. The molecule has 3 N–H and O–H groups in total. The van der Waals surface area contributed by atoms with Crippen molar-refractivity contribution >= 4 is 12.0 Å². The van der Waals surface area contributed by atoms with Crippen LogP contribution in [0.4, 0.5) is 0 Å². The van der Waals surface area contributed by atoms with E-state index in [-0.39, 0.29) is 6.61 Å². The normalized spacial score (nSPS) is 10.4. The molecule has 1 rings (SSSR count). The van der Waals surface area contributed by atoms with Gasteiger partial charge in [-0.05, 0) is 6.08 Å². The van der Waals surface area contributed by atoms with Crippen molar-refractivity contribution in [2.75, 3.05) is 0 Å². The van der Waals surface area contributed by atoms with Gasteiger partial charge in [0.25, 0.3) is 5.91 Å². The molecule has 1 amide bonds. The third-order valence-corrected chi connectivity index (χ3v) is 1.40. The average Bonchev–Trinajstić information content (AvgIpc) is 2.26. The van der Waals surface area contributed by atoms with E-state index in [1.807, 2.05) is 0 Å². The van der Waals surface area contributed by atoms with Crippen molar-refractivity contribution < 1.29 is 15.1 Å². The van der Waals surface area contributed by atoms with Gasteiger partial charge in [-0.1, -0.05) is 0 Å². The molecule has 0 saturated carbocycles. The van der Waals surface area contributed by atoms with E-state index in [1.165, 1.54) is 23.9 Å². The Morgan fingerprint density at radius 1 is 1.50 bits per heavy atom. The molecule has 0 aliphatic heterocycles. The van der Waals surface area contributed by atoms with Crippen LogP contribution >= 0.6 is 0 Å². The SMILES string of the molecule is O=C(/C=C/c1cnc(CO)nc1)NO. The summed E-state index contributed by atoms with van der Waals surface area (Å²) < 4.78 is 0. The molecule has 0 aromatic carbocycles. The number of nitrogens with zero attached hydrogens (tertiary/aromatic N) is 2. The van der Waals surface area contributed by atoms with Crippen molar-refractivity contribution in [2.45, 2.75) is 6.61 Å². The number of hydrogen-bond donors (Lipinski definition) is 3. The van der Waals surface area contributed by atoms with Crippen molar-refractivity contribution in [3.63, 3.8) is 0 Å². The van der Waals surface area contributed by atoms with E-state index < -0.39 is 5.91 Å². The van der Waals surface area contributed by atoms with E-state index in [4.69, 9.17) is 10.3 Å². The average molecular weight is 195 g/mol. The van der Waals surface area contributed by atoms with E-state index in [0.29, 0.717) is 11.4 Å². The monoisotopic (exact) mass is 195 g/mol. The number of hydrogen-bond acceptors (Lipinski definition) is 5. The summed E-state index contributed by atoms with van der Waals surface area (Å²) in [6.45, 7) is -0.221. The summed E-state index contributed by atoms with van der Waals surface area (Å²) in [4.78, 5) is 18.2. The van der Waals surface area contributed by atoms with Gasteiger partial charge in [0.15, 0.2) is 5.82 Å². The second-order valence-electron chi connectivity index (χ2n) is 2.40. The molecule has 6 nitrogen and oxygen atoms in total.